The first-order valence-electron chi connectivity index (χ1n) is 7.07. The standard InChI is InChI=1S/C15H23N3O2.2ClH/c1-11-9-16-8-7-12(11)18-15(19)10-17-13-5-3-4-6-14(13)20-2;;/h3-6,11-12,16-17H,7-10H2,1-2H3,(H,18,19);2*1H. The van der Waals surface area contributed by atoms with Gasteiger partial charge in [0.15, 0.2) is 0 Å². The van der Waals surface area contributed by atoms with Crippen LogP contribution in [0.1, 0.15) is 13.3 Å². The van der Waals surface area contributed by atoms with E-state index >= 15 is 0 Å². The van der Waals surface area contributed by atoms with E-state index in [4.69, 9.17) is 4.74 Å². The third-order valence-electron chi connectivity index (χ3n) is 3.68. The summed E-state index contributed by atoms with van der Waals surface area (Å²) >= 11 is 0. The van der Waals surface area contributed by atoms with Gasteiger partial charge in [0.25, 0.3) is 0 Å². The van der Waals surface area contributed by atoms with Crippen LogP contribution in [0.3, 0.4) is 0 Å². The number of ether oxygens (including phenoxy) is 1. The predicted molar refractivity (Wildman–Crippen MR) is 94.6 cm³/mol. The summed E-state index contributed by atoms with van der Waals surface area (Å²) in [5.74, 6) is 1.24. The summed E-state index contributed by atoms with van der Waals surface area (Å²) in [7, 11) is 1.62. The molecule has 0 bridgehead atoms. The highest BCUT2D eigenvalue weighted by molar-refractivity contribution is 5.85. The molecule has 1 aliphatic rings. The molecule has 0 spiro atoms. The number of halogens is 2. The Hall–Kier alpha value is -1.17. The molecule has 1 amide bonds. The van der Waals surface area contributed by atoms with Crippen molar-refractivity contribution < 1.29 is 9.53 Å². The maximum atomic E-state index is 12.0. The van der Waals surface area contributed by atoms with Crippen LogP contribution in [0.25, 0.3) is 0 Å². The molecule has 0 radical (unpaired) electrons. The molecule has 0 saturated carbocycles. The molecule has 0 aromatic heterocycles. The van der Waals surface area contributed by atoms with Crippen LogP contribution in [-0.4, -0.2) is 38.7 Å². The van der Waals surface area contributed by atoms with Gasteiger partial charge in [-0.05, 0) is 37.6 Å². The van der Waals surface area contributed by atoms with Crippen LogP contribution < -0.4 is 20.7 Å². The normalized spacial score (nSPS) is 20.1. The Bertz CT molecular complexity index is 460. The van der Waals surface area contributed by atoms with Gasteiger partial charge in [-0.1, -0.05) is 19.1 Å². The maximum absolute atomic E-state index is 12.0. The van der Waals surface area contributed by atoms with E-state index in [0.29, 0.717) is 5.92 Å². The zero-order valence-corrected chi connectivity index (χ0v) is 14.6. The molecule has 2 rings (SSSR count). The van der Waals surface area contributed by atoms with Crippen LogP contribution in [0.4, 0.5) is 5.69 Å². The second kappa shape index (κ2) is 10.5. The molecule has 5 nitrogen and oxygen atoms in total. The van der Waals surface area contributed by atoms with E-state index in [9.17, 15) is 4.79 Å². The molecule has 22 heavy (non-hydrogen) atoms. The highest BCUT2D eigenvalue weighted by Gasteiger charge is 2.22. The Balaban J connectivity index is 0.00000220. The van der Waals surface area contributed by atoms with Gasteiger partial charge in [-0.25, -0.2) is 0 Å². The molecule has 1 aliphatic heterocycles. The second-order valence-corrected chi connectivity index (χ2v) is 5.20. The monoisotopic (exact) mass is 349 g/mol. The molecule has 1 aromatic rings. The number of carbonyl (C=O) groups excluding carboxylic acids is 1. The summed E-state index contributed by atoms with van der Waals surface area (Å²) < 4.78 is 5.24. The highest BCUT2D eigenvalue weighted by atomic mass is 35.5. The van der Waals surface area contributed by atoms with Gasteiger partial charge < -0.3 is 20.7 Å². The lowest BCUT2D eigenvalue weighted by Crippen LogP contribution is -2.49. The minimum atomic E-state index is 0. The van der Waals surface area contributed by atoms with Crippen LogP contribution in [0, 0.1) is 5.92 Å². The number of carbonyl (C=O) groups is 1. The van der Waals surface area contributed by atoms with Crippen molar-refractivity contribution in [3.05, 3.63) is 24.3 Å². The van der Waals surface area contributed by atoms with Crippen molar-refractivity contribution in [3.63, 3.8) is 0 Å². The fourth-order valence-electron chi connectivity index (χ4n) is 2.45. The molecule has 1 saturated heterocycles. The number of nitrogens with one attached hydrogen (secondary N) is 3. The summed E-state index contributed by atoms with van der Waals surface area (Å²) in [5.41, 5.74) is 0.837. The molecule has 1 heterocycles. The Morgan fingerprint density at radius 2 is 2.09 bits per heavy atom. The number of hydrogen-bond donors (Lipinski definition) is 3. The van der Waals surface area contributed by atoms with Crippen molar-refractivity contribution in [2.24, 2.45) is 5.92 Å². The molecule has 1 aromatic carbocycles. The number of para-hydroxylation sites is 2. The van der Waals surface area contributed by atoms with Gasteiger partial charge in [-0.2, -0.15) is 0 Å². The molecule has 1 fully saturated rings. The maximum Gasteiger partial charge on any atom is 0.239 e. The Labute approximate surface area is 144 Å². The number of rotatable bonds is 5. The fraction of sp³-hybridized carbons (Fsp3) is 0.533. The molecule has 3 N–H and O–H groups in total. The van der Waals surface area contributed by atoms with Crippen LogP contribution in [0.5, 0.6) is 5.75 Å². The first-order valence-corrected chi connectivity index (χ1v) is 7.07. The largest absolute Gasteiger partial charge is 0.495 e. The van der Waals surface area contributed by atoms with Gasteiger partial charge in [0, 0.05) is 6.04 Å². The minimum absolute atomic E-state index is 0. The third-order valence-corrected chi connectivity index (χ3v) is 3.68. The predicted octanol–water partition coefficient (Wildman–Crippen LogP) is 2.06. The van der Waals surface area contributed by atoms with Crippen LogP contribution in [0.2, 0.25) is 0 Å². The van der Waals surface area contributed by atoms with Crippen molar-refractivity contribution in [2.45, 2.75) is 19.4 Å². The first-order chi connectivity index (χ1) is 9.70. The van der Waals surface area contributed by atoms with Crippen LogP contribution >= 0.6 is 24.8 Å². The third kappa shape index (κ3) is 5.91. The summed E-state index contributed by atoms with van der Waals surface area (Å²) in [6, 6.07) is 7.86. The molecule has 2 unspecified atom stereocenters. The quantitative estimate of drug-likeness (QED) is 0.761. The van der Waals surface area contributed by atoms with Crippen molar-refractivity contribution >= 4 is 36.4 Å². The van der Waals surface area contributed by atoms with Crippen LogP contribution in [0.15, 0.2) is 24.3 Å². The number of benzene rings is 1. The SMILES string of the molecule is COc1ccccc1NCC(=O)NC1CCNCC1C.Cl.Cl. The number of anilines is 1. The Morgan fingerprint density at radius 1 is 1.36 bits per heavy atom. The van der Waals surface area contributed by atoms with Gasteiger partial charge in [0.1, 0.15) is 5.75 Å². The lowest BCUT2D eigenvalue weighted by molar-refractivity contribution is -0.120. The van der Waals surface area contributed by atoms with Crippen molar-refractivity contribution in [3.8, 4) is 5.75 Å². The summed E-state index contributed by atoms with van der Waals surface area (Å²) in [4.78, 5) is 12.0. The fourth-order valence-corrected chi connectivity index (χ4v) is 2.45. The summed E-state index contributed by atoms with van der Waals surface area (Å²) in [5, 5.41) is 9.54. The number of piperidine rings is 1. The lowest BCUT2D eigenvalue weighted by atomic mass is 9.95. The first kappa shape index (κ1) is 20.8. The zero-order valence-electron chi connectivity index (χ0n) is 12.9. The zero-order chi connectivity index (χ0) is 14.4. The average molecular weight is 350 g/mol. The Kier molecular flexibility index (Phi) is 9.98. The van der Waals surface area contributed by atoms with Gasteiger partial charge in [-0.3, -0.25) is 4.79 Å². The van der Waals surface area contributed by atoms with Gasteiger partial charge in [-0.15, -0.1) is 24.8 Å². The number of hydrogen-bond acceptors (Lipinski definition) is 4. The van der Waals surface area contributed by atoms with E-state index in [0.717, 1.165) is 30.9 Å². The number of amides is 1. The summed E-state index contributed by atoms with van der Waals surface area (Å²) in [6.45, 7) is 4.35. The Morgan fingerprint density at radius 3 is 2.77 bits per heavy atom. The van der Waals surface area contributed by atoms with E-state index in [1.165, 1.54) is 0 Å². The van der Waals surface area contributed by atoms with Crippen molar-refractivity contribution in [2.75, 3.05) is 32.1 Å². The van der Waals surface area contributed by atoms with Crippen molar-refractivity contribution in [1.29, 1.82) is 0 Å². The highest BCUT2D eigenvalue weighted by Crippen LogP contribution is 2.22. The van der Waals surface area contributed by atoms with Gasteiger partial charge >= 0.3 is 0 Å². The van der Waals surface area contributed by atoms with E-state index in [-0.39, 0.29) is 43.3 Å². The van der Waals surface area contributed by atoms with Crippen LogP contribution in [-0.2, 0) is 4.79 Å². The molecule has 7 heteroatoms. The van der Waals surface area contributed by atoms with E-state index in [1.54, 1.807) is 7.11 Å². The molecule has 0 aliphatic carbocycles. The molecular weight excluding hydrogens is 325 g/mol. The smallest absolute Gasteiger partial charge is 0.239 e. The number of methoxy groups -OCH3 is 1. The average Bonchev–Trinajstić information content (AvgIpc) is 2.48. The molecular formula is C15H25Cl2N3O2. The molecule has 126 valence electrons. The van der Waals surface area contributed by atoms with E-state index in [1.807, 2.05) is 24.3 Å². The van der Waals surface area contributed by atoms with Crippen molar-refractivity contribution in [1.82, 2.24) is 10.6 Å². The van der Waals surface area contributed by atoms with E-state index in [2.05, 4.69) is 22.9 Å². The second-order valence-electron chi connectivity index (χ2n) is 5.20. The van der Waals surface area contributed by atoms with E-state index < -0.39 is 0 Å². The van der Waals surface area contributed by atoms with Gasteiger partial charge in [0.05, 0.1) is 19.3 Å². The topological polar surface area (TPSA) is 62.4 Å². The lowest BCUT2D eigenvalue weighted by Gasteiger charge is -2.30. The van der Waals surface area contributed by atoms with Gasteiger partial charge in [0.2, 0.25) is 5.91 Å². The molecule has 2 atom stereocenters. The minimum Gasteiger partial charge on any atom is -0.495 e. The summed E-state index contributed by atoms with van der Waals surface area (Å²) in [6.07, 6.45) is 0.988.